The number of nitrogens with zero attached hydrogens (tertiary/aromatic N) is 4. The fourth-order valence-electron chi connectivity index (χ4n) is 3.36. The second-order valence-electron chi connectivity index (χ2n) is 6.55. The zero-order valence-corrected chi connectivity index (χ0v) is 15.4. The Hall–Kier alpha value is -2.65. The largest absolute Gasteiger partial charge is 0.381 e. The third-order valence-electron chi connectivity index (χ3n) is 4.73. The Kier molecular flexibility index (Phi) is 5.19. The molecule has 0 saturated carbocycles. The fourth-order valence-corrected chi connectivity index (χ4v) is 3.36. The SMILES string of the molecule is CCOC1(c2nc(Cc3ccn(-c4c(F)cccc4F)n3)no2)CCOCC1. The third-order valence-corrected chi connectivity index (χ3v) is 4.73. The summed E-state index contributed by atoms with van der Waals surface area (Å²) in [4.78, 5) is 4.48. The molecule has 1 fully saturated rings. The van der Waals surface area contributed by atoms with Gasteiger partial charge in [-0.1, -0.05) is 11.2 Å². The summed E-state index contributed by atoms with van der Waals surface area (Å²) in [7, 11) is 0. The first-order chi connectivity index (χ1) is 13.6. The van der Waals surface area contributed by atoms with Gasteiger partial charge in [0.05, 0.1) is 12.1 Å². The van der Waals surface area contributed by atoms with Crippen LogP contribution in [-0.2, 0) is 21.5 Å². The smallest absolute Gasteiger partial charge is 0.259 e. The first-order valence-corrected chi connectivity index (χ1v) is 9.15. The lowest BCUT2D eigenvalue weighted by molar-refractivity contribution is -0.128. The van der Waals surface area contributed by atoms with E-state index in [4.69, 9.17) is 14.0 Å². The highest BCUT2D eigenvalue weighted by atomic mass is 19.1. The topological polar surface area (TPSA) is 75.2 Å². The number of halogens is 2. The van der Waals surface area contributed by atoms with Crippen molar-refractivity contribution in [3.8, 4) is 5.69 Å². The van der Waals surface area contributed by atoms with E-state index in [2.05, 4.69) is 15.2 Å². The van der Waals surface area contributed by atoms with Crippen LogP contribution in [0.3, 0.4) is 0 Å². The van der Waals surface area contributed by atoms with Crippen LogP contribution >= 0.6 is 0 Å². The highest BCUT2D eigenvalue weighted by Crippen LogP contribution is 2.35. The zero-order valence-electron chi connectivity index (χ0n) is 15.4. The Bertz CT molecular complexity index is 925. The summed E-state index contributed by atoms with van der Waals surface area (Å²) in [5.41, 5.74) is -0.291. The van der Waals surface area contributed by atoms with Gasteiger partial charge in [-0.3, -0.25) is 0 Å². The van der Waals surface area contributed by atoms with Crippen LogP contribution in [0.25, 0.3) is 5.69 Å². The van der Waals surface area contributed by atoms with E-state index in [1.807, 2.05) is 6.92 Å². The maximum atomic E-state index is 13.9. The molecule has 0 N–H and O–H groups in total. The Morgan fingerprint density at radius 3 is 2.64 bits per heavy atom. The molecule has 9 heteroatoms. The lowest BCUT2D eigenvalue weighted by atomic mass is 9.94. The van der Waals surface area contributed by atoms with E-state index >= 15 is 0 Å². The van der Waals surface area contributed by atoms with Gasteiger partial charge in [0.25, 0.3) is 5.89 Å². The van der Waals surface area contributed by atoms with Crippen LogP contribution in [0.5, 0.6) is 0 Å². The van der Waals surface area contributed by atoms with Crippen LogP contribution in [0, 0.1) is 11.6 Å². The lowest BCUT2D eigenvalue weighted by Gasteiger charge is -2.33. The summed E-state index contributed by atoms with van der Waals surface area (Å²) in [6, 6.07) is 5.34. The first kappa shape index (κ1) is 18.7. The molecule has 0 radical (unpaired) electrons. The van der Waals surface area contributed by atoms with Gasteiger partial charge in [-0.15, -0.1) is 0 Å². The fraction of sp³-hybridized carbons (Fsp3) is 0.421. The summed E-state index contributed by atoms with van der Waals surface area (Å²) in [5, 5.41) is 8.26. The first-order valence-electron chi connectivity index (χ1n) is 9.15. The Balaban J connectivity index is 1.54. The molecule has 3 heterocycles. The molecule has 2 aromatic heterocycles. The normalized spacial score (nSPS) is 16.4. The van der Waals surface area contributed by atoms with Gasteiger partial charge in [0.1, 0.15) is 5.69 Å². The minimum atomic E-state index is -0.685. The highest BCUT2D eigenvalue weighted by Gasteiger charge is 2.40. The molecule has 1 aliphatic heterocycles. The number of ether oxygens (including phenoxy) is 2. The van der Waals surface area contributed by atoms with E-state index in [1.54, 1.807) is 6.07 Å². The van der Waals surface area contributed by atoms with Crippen molar-refractivity contribution in [1.29, 1.82) is 0 Å². The van der Waals surface area contributed by atoms with Crippen molar-refractivity contribution in [2.24, 2.45) is 0 Å². The zero-order chi connectivity index (χ0) is 19.6. The summed E-state index contributed by atoms with van der Waals surface area (Å²) >= 11 is 0. The molecule has 1 aromatic carbocycles. The molecule has 28 heavy (non-hydrogen) atoms. The second-order valence-corrected chi connectivity index (χ2v) is 6.55. The van der Waals surface area contributed by atoms with Gasteiger partial charge in [-0.25, -0.2) is 13.5 Å². The number of aromatic nitrogens is 4. The van der Waals surface area contributed by atoms with Crippen LogP contribution in [0.1, 0.15) is 37.2 Å². The quantitative estimate of drug-likeness (QED) is 0.644. The van der Waals surface area contributed by atoms with Crippen LogP contribution in [0.2, 0.25) is 0 Å². The highest BCUT2D eigenvalue weighted by molar-refractivity contribution is 5.34. The van der Waals surface area contributed by atoms with Gasteiger partial charge in [0.2, 0.25) is 0 Å². The molecule has 1 aliphatic rings. The van der Waals surface area contributed by atoms with Gasteiger partial charge in [0, 0.05) is 38.9 Å². The molecule has 0 spiro atoms. The molecule has 0 amide bonds. The molecule has 7 nitrogen and oxygen atoms in total. The molecule has 0 aliphatic carbocycles. The maximum absolute atomic E-state index is 13.9. The van der Waals surface area contributed by atoms with Gasteiger partial charge in [-0.2, -0.15) is 10.1 Å². The average molecular weight is 390 g/mol. The standard InChI is InChI=1S/C19H20F2N4O3/c1-2-27-19(7-10-26-11-8-19)18-22-16(24-28-18)12-13-6-9-25(23-13)17-14(20)4-3-5-15(17)21/h3-6,9H,2,7-8,10-12H2,1H3. The van der Waals surface area contributed by atoms with E-state index in [-0.39, 0.29) is 12.1 Å². The van der Waals surface area contributed by atoms with E-state index in [0.717, 1.165) is 0 Å². The van der Waals surface area contributed by atoms with Crippen molar-refractivity contribution in [2.45, 2.75) is 31.8 Å². The Labute approximate surface area is 160 Å². The molecular formula is C19H20F2N4O3. The number of benzene rings is 1. The van der Waals surface area contributed by atoms with Gasteiger partial charge in [0.15, 0.2) is 23.1 Å². The molecule has 4 rings (SSSR count). The molecule has 0 bridgehead atoms. The molecule has 1 saturated heterocycles. The minimum absolute atomic E-state index is 0.222. The van der Waals surface area contributed by atoms with Crippen LogP contribution in [0.15, 0.2) is 35.0 Å². The second kappa shape index (κ2) is 7.76. The Morgan fingerprint density at radius 2 is 1.93 bits per heavy atom. The Morgan fingerprint density at radius 1 is 1.18 bits per heavy atom. The molecule has 0 unspecified atom stereocenters. The van der Waals surface area contributed by atoms with Gasteiger partial charge in [-0.05, 0) is 25.1 Å². The molecule has 0 atom stereocenters. The molecule has 3 aromatic rings. The number of hydrogen-bond donors (Lipinski definition) is 0. The molecular weight excluding hydrogens is 370 g/mol. The number of rotatable bonds is 6. The van der Waals surface area contributed by atoms with Gasteiger partial charge < -0.3 is 14.0 Å². The number of hydrogen-bond acceptors (Lipinski definition) is 6. The van der Waals surface area contributed by atoms with Crippen LogP contribution in [-0.4, -0.2) is 39.7 Å². The lowest BCUT2D eigenvalue weighted by Crippen LogP contribution is -2.37. The van der Waals surface area contributed by atoms with Crippen molar-refractivity contribution >= 4 is 0 Å². The van der Waals surface area contributed by atoms with E-state index in [1.165, 1.54) is 29.1 Å². The van der Waals surface area contributed by atoms with E-state index < -0.39 is 17.2 Å². The predicted molar refractivity (Wildman–Crippen MR) is 93.9 cm³/mol. The van der Waals surface area contributed by atoms with Crippen molar-refractivity contribution in [2.75, 3.05) is 19.8 Å². The summed E-state index contributed by atoms with van der Waals surface area (Å²) in [6.45, 7) is 3.58. The average Bonchev–Trinajstić information content (AvgIpc) is 3.33. The van der Waals surface area contributed by atoms with Crippen LogP contribution < -0.4 is 0 Å². The van der Waals surface area contributed by atoms with Gasteiger partial charge >= 0.3 is 0 Å². The van der Waals surface area contributed by atoms with E-state index in [0.29, 0.717) is 50.1 Å². The van der Waals surface area contributed by atoms with E-state index in [9.17, 15) is 8.78 Å². The predicted octanol–water partition coefficient (Wildman–Crippen LogP) is 3.17. The summed E-state index contributed by atoms with van der Waals surface area (Å²) in [5.74, 6) is -0.517. The van der Waals surface area contributed by atoms with Crippen molar-refractivity contribution in [3.63, 3.8) is 0 Å². The summed E-state index contributed by atoms with van der Waals surface area (Å²) < 4.78 is 45.8. The van der Waals surface area contributed by atoms with Crippen molar-refractivity contribution < 1.29 is 22.8 Å². The van der Waals surface area contributed by atoms with Crippen LogP contribution in [0.4, 0.5) is 8.78 Å². The van der Waals surface area contributed by atoms with Crippen molar-refractivity contribution in [3.05, 3.63) is 59.5 Å². The maximum Gasteiger partial charge on any atom is 0.259 e. The van der Waals surface area contributed by atoms with Crippen molar-refractivity contribution in [1.82, 2.24) is 19.9 Å². The monoisotopic (exact) mass is 390 g/mol. The summed E-state index contributed by atoms with van der Waals surface area (Å²) in [6.07, 6.45) is 3.05. The number of para-hydroxylation sites is 1. The third kappa shape index (κ3) is 3.55. The molecule has 148 valence electrons. The minimum Gasteiger partial charge on any atom is -0.381 e.